The third-order valence-corrected chi connectivity index (χ3v) is 2.70. The first-order valence-corrected chi connectivity index (χ1v) is 5.21. The van der Waals surface area contributed by atoms with Crippen molar-refractivity contribution >= 4 is 32.9 Å². The molecule has 0 saturated heterocycles. The Morgan fingerprint density at radius 1 is 1.60 bits per heavy atom. The van der Waals surface area contributed by atoms with Crippen molar-refractivity contribution < 1.29 is 9.90 Å². The van der Waals surface area contributed by atoms with Crippen LogP contribution in [-0.2, 0) is 11.3 Å². The van der Waals surface area contributed by atoms with Crippen LogP contribution >= 0.6 is 15.9 Å². The highest BCUT2D eigenvalue weighted by molar-refractivity contribution is 9.10. The van der Waals surface area contributed by atoms with E-state index < -0.39 is 5.97 Å². The molecule has 0 aliphatic rings. The zero-order chi connectivity index (χ0) is 11.0. The molecular formula is C10H9BrN2O2. The molecule has 0 amide bonds. The molecule has 15 heavy (non-hydrogen) atoms. The number of carboxylic acid groups (broad SMARTS) is 1. The molecule has 1 N–H and O–H groups in total. The predicted octanol–water partition coefficient (Wildman–Crippen LogP) is 2.19. The summed E-state index contributed by atoms with van der Waals surface area (Å²) in [6, 6.07) is 3.75. The Balaban J connectivity index is 2.62. The lowest BCUT2D eigenvalue weighted by molar-refractivity contribution is -0.137. The van der Waals surface area contributed by atoms with Gasteiger partial charge in [-0.2, -0.15) is 0 Å². The molecule has 0 aliphatic heterocycles. The fourth-order valence-electron chi connectivity index (χ4n) is 1.50. The molecule has 5 heteroatoms. The van der Waals surface area contributed by atoms with Gasteiger partial charge in [-0.1, -0.05) is 0 Å². The van der Waals surface area contributed by atoms with Crippen molar-refractivity contribution in [1.82, 2.24) is 9.55 Å². The topological polar surface area (TPSA) is 55.1 Å². The van der Waals surface area contributed by atoms with E-state index in [1.165, 1.54) is 0 Å². The number of hydrogen-bond acceptors (Lipinski definition) is 2. The molecule has 0 radical (unpaired) electrons. The lowest BCUT2D eigenvalue weighted by Crippen LogP contribution is -2.07. The molecule has 0 unspecified atom stereocenters. The van der Waals surface area contributed by atoms with Gasteiger partial charge in [0.15, 0.2) is 0 Å². The van der Waals surface area contributed by atoms with Gasteiger partial charge in [0, 0.05) is 11.9 Å². The minimum Gasteiger partial charge on any atom is -0.480 e. The maximum absolute atomic E-state index is 10.6. The molecule has 2 aromatic heterocycles. The van der Waals surface area contributed by atoms with Crippen molar-refractivity contribution in [3.63, 3.8) is 0 Å². The molecule has 0 aromatic carbocycles. The van der Waals surface area contributed by atoms with E-state index in [2.05, 4.69) is 20.9 Å². The minimum atomic E-state index is -0.861. The van der Waals surface area contributed by atoms with Crippen molar-refractivity contribution in [3.05, 3.63) is 28.5 Å². The Morgan fingerprint density at radius 3 is 3.00 bits per heavy atom. The van der Waals surface area contributed by atoms with Gasteiger partial charge in [-0.3, -0.25) is 9.78 Å². The van der Waals surface area contributed by atoms with Crippen LogP contribution < -0.4 is 0 Å². The third-order valence-electron chi connectivity index (χ3n) is 2.12. The summed E-state index contributed by atoms with van der Waals surface area (Å²) < 4.78 is 2.48. The summed E-state index contributed by atoms with van der Waals surface area (Å²) in [5.41, 5.74) is 2.54. The molecule has 0 bridgehead atoms. The largest absolute Gasteiger partial charge is 0.480 e. The van der Waals surface area contributed by atoms with Gasteiger partial charge in [0.05, 0.1) is 9.99 Å². The number of rotatable bonds is 2. The molecule has 0 saturated carbocycles. The number of pyridine rings is 1. The Kier molecular flexibility index (Phi) is 2.48. The molecular weight excluding hydrogens is 260 g/mol. The van der Waals surface area contributed by atoms with Crippen LogP contribution in [-0.4, -0.2) is 20.6 Å². The first kappa shape index (κ1) is 10.2. The molecule has 0 fully saturated rings. The van der Waals surface area contributed by atoms with Crippen LogP contribution in [0.25, 0.3) is 11.0 Å². The quantitative estimate of drug-likeness (QED) is 0.909. The van der Waals surface area contributed by atoms with E-state index in [0.29, 0.717) is 0 Å². The molecule has 4 nitrogen and oxygen atoms in total. The average molecular weight is 269 g/mol. The van der Waals surface area contributed by atoms with Crippen LogP contribution in [0, 0.1) is 6.92 Å². The Hall–Kier alpha value is -1.36. The maximum atomic E-state index is 10.6. The molecule has 2 aromatic rings. The van der Waals surface area contributed by atoms with Gasteiger partial charge in [-0.25, -0.2) is 0 Å². The normalized spacial score (nSPS) is 10.8. The van der Waals surface area contributed by atoms with Crippen LogP contribution in [0.3, 0.4) is 0 Å². The lowest BCUT2D eigenvalue weighted by Gasteiger charge is -2.00. The summed E-state index contributed by atoms with van der Waals surface area (Å²) in [6.45, 7) is 1.85. The number of nitrogens with zero attached hydrogens (tertiary/aromatic N) is 2. The highest BCUT2D eigenvalue weighted by atomic mass is 79.9. The van der Waals surface area contributed by atoms with Crippen molar-refractivity contribution in [1.29, 1.82) is 0 Å². The number of aliphatic carboxylic acids is 1. The average Bonchev–Trinajstić information content (AvgIpc) is 2.42. The molecule has 2 heterocycles. The van der Waals surface area contributed by atoms with E-state index >= 15 is 0 Å². The predicted molar refractivity (Wildman–Crippen MR) is 59.8 cm³/mol. The van der Waals surface area contributed by atoms with Crippen molar-refractivity contribution in [3.8, 4) is 0 Å². The van der Waals surface area contributed by atoms with Gasteiger partial charge in [-0.05, 0) is 35.0 Å². The van der Waals surface area contributed by atoms with Crippen LogP contribution in [0.15, 0.2) is 22.8 Å². The maximum Gasteiger partial charge on any atom is 0.323 e. The van der Waals surface area contributed by atoms with E-state index in [9.17, 15) is 4.79 Å². The number of carbonyl (C=O) groups is 1. The fraction of sp³-hybridized carbons (Fsp3) is 0.200. The van der Waals surface area contributed by atoms with E-state index in [1.54, 1.807) is 10.8 Å². The summed E-state index contributed by atoms with van der Waals surface area (Å²) in [5, 5.41) is 8.73. The second-order valence-corrected chi connectivity index (χ2v) is 4.17. The van der Waals surface area contributed by atoms with Crippen molar-refractivity contribution in [2.24, 2.45) is 0 Å². The van der Waals surface area contributed by atoms with E-state index in [-0.39, 0.29) is 6.54 Å². The second kappa shape index (κ2) is 3.66. The van der Waals surface area contributed by atoms with E-state index in [0.717, 1.165) is 21.2 Å². The van der Waals surface area contributed by atoms with Gasteiger partial charge in [-0.15, -0.1) is 0 Å². The number of aryl methyl sites for hydroxylation is 1. The highest BCUT2D eigenvalue weighted by Gasteiger charge is 2.09. The molecule has 0 aliphatic carbocycles. The van der Waals surface area contributed by atoms with Crippen LogP contribution in [0.5, 0.6) is 0 Å². The van der Waals surface area contributed by atoms with Gasteiger partial charge in [0.2, 0.25) is 0 Å². The first-order valence-electron chi connectivity index (χ1n) is 4.41. The summed E-state index contributed by atoms with van der Waals surface area (Å²) in [4.78, 5) is 15.0. The number of fused-ring (bicyclic) bond motifs is 1. The SMILES string of the molecule is Cc1ccc2c(n1)c(Br)cn2CC(=O)O. The lowest BCUT2D eigenvalue weighted by atomic mass is 10.3. The van der Waals surface area contributed by atoms with Crippen LogP contribution in [0.4, 0.5) is 0 Å². The Bertz CT molecular complexity index is 533. The molecule has 78 valence electrons. The zero-order valence-corrected chi connectivity index (χ0v) is 9.65. The number of halogens is 1. The summed E-state index contributed by atoms with van der Waals surface area (Å²) >= 11 is 3.37. The number of aromatic nitrogens is 2. The summed E-state index contributed by atoms with van der Waals surface area (Å²) in [6.07, 6.45) is 1.74. The first-order chi connectivity index (χ1) is 7.08. The van der Waals surface area contributed by atoms with Crippen LogP contribution in [0.2, 0.25) is 0 Å². The monoisotopic (exact) mass is 268 g/mol. The number of carboxylic acids is 1. The van der Waals surface area contributed by atoms with Gasteiger partial charge < -0.3 is 9.67 Å². The highest BCUT2D eigenvalue weighted by Crippen LogP contribution is 2.24. The molecule has 0 spiro atoms. The van der Waals surface area contributed by atoms with Crippen LogP contribution in [0.1, 0.15) is 5.69 Å². The van der Waals surface area contributed by atoms with Crippen molar-refractivity contribution in [2.75, 3.05) is 0 Å². The van der Waals surface area contributed by atoms with Gasteiger partial charge in [0.25, 0.3) is 0 Å². The molecule has 0 atom stereocenters. The zero-order valence-electron chi connectivity index (χ0n) is 8.07. The van der Waals surface area contributed by atoms with Gasteiger partial charge in [0.1, 0.15) is 12.1 Å². The Morgan fingerprint density at radius 2 is 2.33 bits per heavy atom. The Labute approximate surface area is 94.7 Å². The summed E-state index contributed by atoms with van der Waals surface area (Å²) in [7, 11) is 0. The minimum absolute atomic E-state index is 0.0488. The fourth-order valence-corrected chi connectivity index (χ4v) is 2.04. The summed E-state index contributed by atoms with van der Waals surface area (Å²) in [5.74, 6) is -0.861. The van der Waals surface area contributed by atoms with E-state index in [4.69, 9.17) is 5.11 Å². The third kappa shape index (κ3) is 1.87. The smallest absolute Gasteiger partial charge is 0.323 e. The van der Waals surface area contributed by atoms with E-state index in [1.807, 2.05) is 19.1 Å². The standard InChI is InChI=1S/C10H9BrN2O2/c1-6-2-3-8-10(12-6)7(11)4-13(8)5-9(14)15/h2-4H,5H2,1H3,(H,14,15). The second-order valence-electron chi connectivity index (χ2n) is 3.32. The number of hydrogen-bond donors (Lipinski definition) is 1. The van der Waals surface area contributed by atoms with Gasteiger partial charge >= 0.3 is 5.97 Å². The van der Waals surface area contributed by atoms with Crippen molar-refractivity contribution in [2.45, 2.75) is 13.5 Å². The molecule has 2 rings (SSSR count).